The van der Waals surface area contributed by atoms with Gasteiger partial charge in [0, 0.05) is 29.5 Å². The van der Waals surface area contributed by atoms with Crippen LogP contribution in [0.3, 0.4) is 0 Å². The molecule has 8 bridgehead atoms. The van der Waals surface area contributed by atoms with Gasteiger partial charge in [0.25, 0.3) is 0 Å². The number of rotatable bonds is 24. The van der Waals surface area contributed by atoms with Crippen LogP contribution in [-0.2, 0) is 28.4 Å². The van der Waals surface area contributed by atoms with Crippen LogP contribution in [0.25, 0.3) is 0 Å². The van der Waals surface area contributed by atoms with Gasteiger partial charge in [-0.25, -0.2) is 0 Å². The normalized spacial score (nSPS) is 33.7. The van der Waals surface area contributed by atoms with Crippen molar-refractivity contribution in [1.82, 2.24) is 0 Å². The smallest absolute Gasteiger partial charge is 0.353 e. The average Bonchev–Trinajstić information content (AvgIpc) is 0.854. The van der Waals surface area contributed by atoms with Gasteiger partial charge in [0.05, 0.1) is 0 Å². The Morgan fingerprint density at radius 3 is 0.945 bits per heavy atom. The Bertz CT molecular complexity index is 3710. The van der Waals surface area contributed by atoms with Crippen molar-refractivity contribution in [2.24, 2.45) is 56.2 Å². The number of allylic oxidation sites excluding steroid dienone is 1. The van der Waals surface area contributed by atoms with Gasteiger partial charge in [-0.05, 0) is 221 Å². The van der Waals surface area contributed by atoms with Crippen molar-refractivity contribution in [1.29, 1.82) is 0 Å². The van der Waals surface area contributed by atoms with Crippen molar-refractivity contribution in [3.8, 4) is 0 Å². The van der Waals surface area contributed by atoms with Crippen molar-refractivity contribution in [3.63, 3.8) is 0 Å². The Hall–Kier alpha value is -3.84. The van der Waals surface area contributed by atoms with Crippen molar-refractivity contribution in [2.75, 3.05) is 13.2 Å². The summed E-state index contributed by atoms with van der Waals surface area (Å²) in [4.78, 5) is 0. The van der Waals surface area contributed by atoms with Crippen LogP contribution in [0.4, 0.5) is 193 Å². The summed E-state index contributed by atoms with van der Waals surface area (Å²) in [5.41, 5.74) is -41.6. The van der Waals surface area contributed by atoms with Gasteiger partial charge in [-0.15, -0.1) is 6.58 Å². The highest BCUT2D eigenvalue weighted by molar-refractivity contribution is 5.32. The predicted molar refractivity (Wildman–Crippen MR) is 355 cm³/mol. The Kier molecular flexibility index (Phi) is 28.2. The summed E-state index contributed by atoms with van der Waals surface area (Å²) in [6.45, 7) is 10.1. The minimum absolute atomic E-state index is 0.0211. The standard InChI is InChI=1S/C41H52F22O3.C24H26F14O2.C12H14F8O/c1-6-27(4,31(38(52,53)54)13-9-8-12-28(5,66-31)33(42,43)39(55,56)57)15-14-26(2,3)29-18-23-17-24(19-29)21-30(20-23,22-29)32(65-25-11-7-10-16-64-25,34(44,45)36(48,49)40(58,59)60)35(46,47)37(50,51)41(61,62)63;1-2-16-8-13-7-14(9-16)11-17(10-13,12-16)18(40-15-5-3-4-6-39-15,19(25,26)21(29,30)23(33,34)35)20(27,28)22(31,32)24(36,37)38;1-3-9(11(15,16)17)7-5-4-6-8(2,21-9)10(13,14)12(18,19)20/h23-25H,6-22H2,1-5H3;2,13-15H,1,3-12H2;3H,1,4-7H2,2H3. The third-order valence-electron chi connectivity index (χ3n) is 29.2. The largest absolute Gasteiger partial charge is 0.459 e. The first-order valence-electron chi connectivity index (χ1n) is 40.1. The molecule has 12 fully saturated rings. The van der Waals surface area contributed by atoms with Crippen LogP contribution in [0.2, 0.25) is 0 Å². The van der Waals surface area contributed by atoms with Gasteiger partial charge in [-0.1, -0.05) is 65.7 Å². The fourth-order valence-corrected chi connectivity index (χ4v) is 23.0. The first-order chi connectivity index (χ1) is 56.5. The zero-order valence-corrected chi connectivity index (χ0v) is 68.0. The summed E-state index contributed by atoms with van der Waals surface area (Å²) in [6, 6.07) is 0. The molecule has 12 rings (SSSR count). The Labute approximate surface area is 697 Å². The van der Waals surface area contributed by atoms with Crippen molar-refractivity contribution < 1.29 is 222 Å². The van der Waals surface area contributed by atoms with E-state index in [4.69, 9.17) is 18.9 Å². The molecule has 0 amide bonds. The van der Waals surface area contributed by atoms with E-state index < -0.39 is 333 Å². The van der Waals surface area contributed by atoms with Gasteiger partial charge in [0.2, 0.25) is 11.2 Å². The molecule has 50 heteroatoms. The summed E-state index contributed by atoms with van der Waals surface area (Å²) in [5, 5.41) is 0. The molecule has 4 heterocycles. The molecule has 12 aliphatic rings. The van der Waals surface area contributed by atoms with Crippen molar-refractivity contribution in [3.05, 3.63) is 25.3 Å². The summed E-state index contributed by atoms with van der Waals surface area (Å²) >= 11 is 0. The molecule has 0 radical (unpaired) electrons. The Morgan fingerprint density at radius 2 is 0.654 bits per heavy atom. The minimum Gasteiger partial charge on any atom is -0.353 e. The van der Waals surface area contributed by atoms with Crippen LogP contribution < -0.4 is 0 Å². The molecule has 4 saturated heterocycles. The second kappa shape index (κ2) is 33.0. The molecule has 0 spiro atoms. The SMILES string of the molecule is C=CC1(C(F)(F)F)CCCCC(C)(C(F)(F)C(F)(F)F)O1.C=CC12CC3CC(C1)CC(C(OC1CCCCO1)(C(F)(F)C(F)(F)C(F)(F)F)C(F)(F)C(F)(F)C(F)(F)F)(C3)C2.CCC(C)(CCC(C)(C)C12CC3CC(C1)CC(C(OC1CCCCO1)(C(F)(F)C(F)(F)C(F)(F)F)C(F)(F)C(F)(F)C(F)(F)F)(C3)C2)C1(C(F)(F)F)CCCCC(C)(C(F)(F)C(F)(F)F)O1. The second-order valence-electron chi connectivity index (χ2n) is 37.5. The monoisotopic (exact) mass is 1950 g/mol. The molecule has 744 valence electrons. The third kappa shape index (κ3) is 16.6. The fourth-order valence-electron chi connectivity index (χ4n) is 23.0. The van der Waals surface area contributed by atoms with Gasteiger partial charge in [-0.2, -0.15) is 193 Å². The lowest BCUT2D eigenvalue weighted by Crippen LogP contribution is -2.84. The maximum absolute atomic E-state index is 17.0. The van der Waals surface area contributed by atoms with Crippen LogP contribution in [0.1, 0.15) is 228 Å². The molecule has 127 heavy (non-hydrogen) atoms. The quantitative estimate of drug-likeness (QED) is 0.0709. The number of halogens is 44. The van der Waals surface area contributed by atoms with Gasteiger partial charge in [0.1, 0.15) is 11.2 Å². The maximum Gasteiger partial charge on any atom is 0.459 e. The molecule has 0 aromatic carbocycles. The molecule has 6 nitrogen and oxygen atoms in total. The predicted octanol–water partition coefficient (Wildman–Crippen LogP) is 29.3. The van der Waals surface area contributed by atoms with E-state index in [1.54, 1.807) is 0 Å². The Morgan fingerprint density at radius 1 is 0.339 bits per heavy atom. The zero-order chi connectivity index (χ0) is 98.0. The third-order valence-corrected chi connectivity index (χ3v) is 29.2. The van der Waals surface area contributed by atoms with Crippen LogP contribution in [0.15, 0.2) is 25.3 Å². The lowest BCUT2D eigenvalue weighted by atomic mass is 9.35. The van der Waals surface area contributed by atoms with E-state index in [0.717, 1.165) is 19.9 Å². The van der Waals surface area contributed by atoms with E-state index in [0.29, 0.717) is 6.92 Å². The molecule has 0 N–H and O–H groups in total. The number of hydrogen-bond acceptors (Lipinski definition) is 6. The second-order valence-corrected chi connectivity index (χ2v) is 37.5. The van der Waals surface area contributed by atoms with Crippen LogP contribution in [-0.4, -0.2) is 168 Å². The van der Waals surface area contributed by atoms with E-state index >= 15 is 74.6 Å². The van der Waals surface area contributed by atoms with Gasteiger partial charge in [0.15, 0.2) is 23.8 Å². The van der Waals surface area contributed by atoms with E-state index in [1.165, 1.54) is 13.8 Å². The molecule has 8 aliphatic carbocycles. The number of ether oxygens (including phenoxy) is 6. The number of hydrogen-bond donors (Lipinski definition) is 0. The molecule has 8 saturated carbocycles. The highest BCUT2D eigenvalue weighted by Crippen LogP contribution is 2.82. The molecule has 4 aliphatic heterocycles. The summed E-state index contributed by atoms with van der Waals surface area (Å²) in [6.07, 6.45) is -75.4. The average molecular weight is 1950 g/mol. The van der Waals surface area contributed by atoms with Gasteiger partial charge < -0.3 is 28.4 Å². The number of alkyl halides is 44. The molecular formula is C77H92F44O6. The molecular weight excluding hydrogens is 1860 g/mol. The lowest BCUT2D eigenvalue weighted by Gasteiger charge is -2.72. The fraction of sp³-hybridized carbons (Fsp3) is 0.948. The molecule has 11 atom stereocenters. The summed E-state index contributed by atoms with van der Waals surface area (Å²) < 4.78 is 671. The highest BCUT2D eigenvalue weighted by atomic mass is 19.5. The molecule has 0 aromatic rings. The first-order valence-corrected chi connectivity index (χ1v) is 40.1. The summed E-state index contributed by atoms with van der Waals surface area (Å²) in [7, 11) is 0. The van der Waals surface area contributed by atoms with E-state index in [2.05, 4.69) is 22.6 Å². The van der Waals surface area contributed by atoms with Crippen LogP contribution >= 0.6 is 0 Å². The topological polar surface area (TPSA) is 55.4 Å². The highest BCUT2D eigenvalue weighted by Gasteiger charge is 2.99. The zero-order valence-electron chi connectivity index (χ0n) is 68.0. The first kappa shape index (κ1) is 108. The Balaban J connectivity index is 0.000000274. The van der Waals surface area contributed by atoms with E-state index in [1.807, 2.05) is 0 Å². The van der Waals surface area contributed by atoms with E-state index in [-0.39, 0.29) is 90.0 Å². The van der Waals surface area contributed by atoms with Crippen molar-refractivity contribution in [2.45, 2.75) is 383 Å². The molecule has 11 unspecified atom stereocenters. The van der Waals surface area contributed by atoms with Crippen LogP contribution in [0, 0.1) is 56.2 Å². The maximum atomic E-state index is 17.0. The summed E-state index contributed by atoms with van der Waals surface area (Å²) in [5.74, 6) is -76.6. The van der Waals surface area contributed by atoms with Crippen molar-refractivity contribution >= 4 is 0 Å². The minimum atomic E-state index is -7.81. The van der Waals surface area contributed by atoms with Gasteiger partial charge >= 0.3 is 109 Å². The van der Waals surface area contributed by atoms with Gasteiger partial charge in [-0.3, -0.25) is 0 Å². The lowest BCUT2D eigenvalue weighted by molar-refractivity contribution is -0.497. The van der Waals surface area contributed by atoms with E-state index in [9.17, 15) is 119 Å². The molecule has 0 aromatic heterocycles. The van der Waals surface area contributed by atoms with Crippen LogP contribution in [0.5, 0.6) is 0 Å².